The number of hydrogen-bond donors (Lipinski definition) is 1. The molecule has 1 rings (SSSR count). The Hall–Kier alpha value is -0.830. The molecule has 0 spiro atoms. The van der Waals surface area contributed by atoms with Crippen molar-refractivity contribution in [1.29, 1.82) is 0 Å². The predicted molar refractivity (Wildman–Crippen MR) is 91.7 cm³/mol. The van der Waals surface area contributed by atoms with E-state index in [9.17, 15) is 0 Å². The summed E-state index contributed by atoms with van der Waals surface area (Å²) in [5.41, 5.74) is 1.23. The largest absolute Gasteiger partial charge is 0.313 e. The predicted octanol–water partition coefficient (Wildman–Crippen LogP) is 4.59. The molecule has 122 valence electrons. The average molecular weight is 293 g/mol. The van der Waals surface area contributed by atoms with Gasteiger partial charge in [0.05, 0.1) is 5.69 Å². The van der Waals surface area contributed by atoms with E-state index < -0.39 is 0 Å². The quantitative estimate of drug-likeness (QED) is 0.646. The van der Waals surface area contributed by atoms with Gasteiger partial charge in [0.15, 0.2) is 0 Å². The van der Waals surface area contributed by atoms with Crippen LogP contribution in [0.15, 0.2) is 12.3 Å². The number of rotatable bonds is 11. The zero-order valence-electron chi connectivity index (χ0n) is 14.7. The summed E-state index contributed by atoms with van der Waals surface area (Å²) in [5.74, 6) is 0.765. The highest BCUT2D eigenvalue weighted by molar-refractivity contribution is 5.03. The lowest BCUT2D eigenvalue weighted by Crippen LogP contribution is -2.38. The van der Waals surface area contributed by atoms with Crippen LogP contribution in [0.3, 0.4) is 0 Å². The summed E-state index contributed by atoms with van der Waals surface area (Å²) >= 11 is 0. The highest BCUT2D eigenvalue weighted by Gasteiger charge is 2.20. The highest BCUT2D eigenvalue weighted by Crippen LogP contribution is 2.20. The molecule has 1 aromatic heterocycles. The van der Waals surface area contributed by atoms with Crippen molar-refractivity contribution in [3.63, 3.8) is 0 Å². The molecule has 0 saturated heterocycles. The summed E-state index contributed by atoms with van der Waals surface area (Å²) in [4.78, 5) is 0. The number of unbranched alkanes of at least 4 members (excludes halogenated alkanes) is 1. The molecule has 0 aliphatic heterocycles. The molecule has 0 aromatic carbocycles. The van der Waals surface area contributed by atoms with Crippen molar-refractivity contribution >= 4 is 0 Å². The lowest BCUT2D eigenvalue weighted by Gasteiger charge is -2.27. The SMILES string of the molecule is CCCCC(CC)C(Cc1ccn(C(C)C)n1)NCCC. The van der Waals surface area contributed by atoms with Gasteiger partial charge in [-0.3, -0.25) is 4.68 Å². The molecule has 0 radical (unpaired) electrons. The van der Waals surface area contributed by atoms with Gasteiger partial charge >= 0.3 is 0 Å². The molecule has 0 fully saturated rings. The second-order valence-corrected chi connectivity index (χ2v) is 6.46. The van der Waals surface area contributed by atoms with Crippen LogP contribution in [0.5, 0.6) is 0 Å². The van der Waals surface area contributed by atoms with Gasteiger partial charge in [-0.05, 0) is 45.2 Å². The number of aromatic nitrogens is 2. The topological polar surface area (TPSA) is 29.9 Å². The summed E-state index contributed by atoms with van der Waals surface area (Å²) in [6, 6.07) is 3.20. The standard InChI is InChI=1S/C18H35N3/c1-6-9-10-16(8-3)18(19-12-7-2)14-17-11-13-21(20-17)15(4)5/h11,13,15-16,18-19H,6-10,12,14H2,1-5H3. The molecule has 1 aromatic rings. The first kappa shape index (κ1) is 18.2. The number of hydrogen-bond acceptors (Lipinski definition) is 2. The molecule has 0 bridgehead atoms. The van der Waals surface area contributed by atoms with Crippen LogP contribution < -0.4 is 5.32 Å². The molecule has 0 aliphatic rings. The van der Waals surface area contributed by atoms with Gasteiger partial charge in [0.2, 0.25) is 0 Å². The van der Waals surface area contributed by atoms with Crippen molar-refractivity contribution in [1.82, 2.24) is 15.1 Å². The van der Waals surface area contributed by atoms with Crippen LogP contribution in [0.2, 0.25) is 0 Å². The van der Waals surface area contributed by atoms with E-state index in [1.54, 1.807) is 0 Å². The molecule has 1 N–H and O–H groups in total. The maximum atomic E-state index is 4.73. The van der Waals surface area contributed by atoms with Crippen LogP contribution in [-0.2, 0) is 6.42 Å². The van der Waals surface area contributed by atoms with Crippen molar-refractivity contribution in [3.05, 3.63) is 18.0 Å². The summed E-state index contributed by atoms with van der Waals surface area (Å²) in [7, 11) is 0. The van der Waals surface area contributed by atoms with Gasteiger partial charge in [0.25, 0.3) is 0 Å². The van der Waals surface area contributed by atoms with Gasteiger partial charge in [-0.15, -0.1) is 0 Å². The zero-order valence-corrected chi connectivity index (χ0v) is 14.7. The van der Waals surface area contributed by atoms with Crippen LogP contribution in [0.25, 0.3) is 0 Å². The fourth-order valence-corrected chi connectivity index (χ4v) is 2.89. The molecule has 2 atom stereocenters. The van der Waals surface area contributed by atoms with Crippen molar-refractivity contribution in [2.45, 2.75) is 85.2 Å². The minimum atomic E-state index is 0.447. The van der Waals surface area contributed by atoms with E-state index in [4.69, 9.17) is 5.10 Å². The lowest BCUT2D eigenvalue weighted by molar-refractivity contribution is 0.313. The summed E-state index contributed by atoms with van der Waals surface area (Å²) in [6.07, 6.45) is 9.58. The maximum absolute atomic E-state index is 4.73. The monoisotopic (exact) mass is 293 g/mol. The molecule has 1 heterocycles. The van der Waals surface area contributed by atoms with Crippen LogP contribution in [-0.4, -0.2) is 22.4 Å². The lowest BCUT2D eigenvalue weighted by atomic mass is 9.88. The molecular weight excluding hydrogens is 258 g/mol. The van der Waals surface area contributed by atoms with Crippen molar-refractivity contribution in [2.75, 3.05) is 6.54 Å². The Morgan fingerprint density at radius 2 is 1.95 bits per heavy atom. The van der Waals surface area contributed by atoms with Gasteiger partial charge in [0, 0.05) is 24.7 Å². The molecular formula is C18H35N3. The van der Waals surface area contributed by atoms with Gasteiger partial charge in [-0.2, -0.15) is 5.10 Å². The molecule has 0 amide bonds. The second kappa shape index (κ2) is 9.99. The summed E-state index contributed by atoms with van der Waals surface area (Å²) in [5, 5.41) is 8.50. The first-order valence-electron chi connectivity index (χ1n) is 8.89. The van der Waals surface area contributed by atoms with Gasteiger partial charge in [-0.1, -0.05) is 40.0 Å². The fraction of sp³-hybridized carbons (Fsp3) is 0.833. The number of nitrogens with one attached hydrogen (secondary N) is 1. The Morgan fingerprint density at radius 1 is 1.19 bits per heavy atom. The van der Waals surface area contributed by atoms with E-state index in [0.29, 0.717) is 12.1 Å². The average Bonchev–Trinajstić information content (AvgIpc) is 2.94. The van der Waals surface area contributed by atoms with Crippen molar-refractivity contribution in [2.24, 2.45) is 5.92 Å². The van der Waals surface area contributed by atoms with E-state index in [1.165, 1.54) is 37.8 Å². The Balaban J connectivity index is 2.70. The molecule has 0 saturated carbocycles. The van der Waals surface area contributed by atoms with Crippen LogP contribution >= 0.6 is 0 Å². The molecule has 3 nitrogen and oxygen atoms in total. The fourth-order valence-electron chi connectivity index (χ4n) is 2.89. The Kier molecular flexibility index (Phi) is 8.67. The molecule has 21 heavy (non-hydrogen) atoms. The summed E-state index contributed by atoms with van der Waals surface area (Å²) < 4.78 is 2.07. The Morgan fingerprint density at radius 3 is 2.48 bits per heavy atom. The van der Waals surface area contributed by atoms with Gasteiger partial charge in [-0.25, -0.2) is 0 Å². The van der Waals surface area contributed by atoms with Gasteiger partial charge in [0.1, 0.15) is 0 Å². The zero-order chi connectivity index (χ0) is 15.7. The third kappa shape index (κ3) is 6.21. The van der Waals surface area contributed by atoms with E-state index in [-0.39, 0.29) is 0 Å². The van der Waals surface area contributed by atoms with Crippen LogP contribution in [0.1, 0.15) is 78.5 Å². The van der Waals surface area contributed by atoms with E-state index in [2.05, 4.69) is 56.9 Å². The number of nitrogens with zero attached hydrogens (tertiary/aromatic N) is 2. The first-order chi connectivity index (χ1) is 10.1. The maximum Gasteiger partial charge on any atom is 0.0640 e. The minimum absolute atomic E-state index is 0.447. The van der Waals surface area contributed by atoms with Crippen LogP contribution in [0, 0.1) is 5.92 Å². The highest BCUT2D eigenvalue weighted by atomic mass is 15.3. The van der Waals surface area contributed by atoms with E-state index in [1.807, 2.05) is 0 Å². The smallest absolute Gasteiger partial charge is 0.0640 e. The van der Waals surface area contributed by atoms with Crippen molar-refractivity contribution in [3.8, 4) is 0 Å². The second-order valence-electron chi connectivity index (χ2n) is 6.46. The van der Waals surface area contributed by atoms with Crippen LogP contribution in [0.4, 0.5) is 0 Å². The first-order valence-corrected chi connectivity index (χ1v) is 8.89. The normalized spacial score (nSPS) is 14.6. The molecule has 2 unspecified atom stereocenters. The molecule has 3 heteroatoms. The third-order valence-corrected chi connectivity index (χ3v) is 4.30. The minimum Gasteiger partial charge on any atom is -0.313 e. The molecule has 0 aliphatic carbocycles. The third-order valence-electron chi connectivity index (χ3n) is 4.30. The van der Waals surface area contributed by atoms with Gasteiger partial charge < -0.3 is 5.32 Å². The van der Waals surface area contributed by atoms with E-state index >= 15 is 0 Å². The Bertz CT molecular complexity index is 370. The van der Waals surface area contributed by atoms with Crippen molar-refractivity contribution < 1.29 is 0 Å². The Labute approximate surface area is 131 Å². The van der Waals surface area contributed by atoms with E-state index in [0.717, 1.165) is 18.9 Å². The summed E-state index contributed by atoms with van der Waals surface area (Å²) in [6.45, 7) is 12.3.